The zero-order valence-electron chi connectivity index (χ0n) is 10.0. The van der Waals surface area contributed by atoms with Crippen LogP contribution < -0.4 is 0 Å². The van der Waals surface area contributed by atoms with Gasteiger partial charge in [0.25, 0.3) is 10.1 Å². The lowest BCUT2D eigenvalue weighted by molar-refractivity contribution is -0.146. The van der Waals surface area contributed by atoms with Crippen LogP contribution in [-0.4, -0.2) is 39.3 Å². The molecule has 1 saturated heterocycles. The first-order chi connectivity index (χ1) is 7.11. The fourth-order valence-electron chi connectivity index (χ4n) is 1.57. The van der Waals surface area contributed by atoms with Gasteiger partial charge in [0, 0.05) is 0 Å². The van der Waals surface area contributed by atoms with Gasteiger partial charge in [-0.3, -0.25) is 4.18 Å². The lowest BCUT2D eigenvalue weighted by Crippen LogP contribution is -2.29. The molecule has 2 atom stereocenters. The Balaban J connectivity index is 2.67. The van der Waals surface area contributed by atoms with Gasteiger partial charge in [0.1, 0.15) is 12.2 Å². The molecule has 1 rings (SSSR count). The van der Waals surface area contributed by atoms with E-state index < -0.39 is 22.0 Å². The first-order valence-electron chi connectivity index (χ1n) is 4.96. The first kappa shape index (κ1) is 13.6. The van der Waals surface area contributed by atoms with E-state index in [4.69, 9.17) is 13.7 Å². The van der Waals surface area contributed by atoms with Gasteiger partial charge in [-0.2, -0.15) is 8.42 Å². The van der Waals surface area contributed by atoms with E-state index in [0.717, 1.165) is 11.8 Å². The van der Waals surface area contributed by atoms with Crippen LogP contribution in [0.5, 0.6) is 0 Å². The van der Waals surface area contributed by atoms with Crippen molar-refractivity contribution in [2.24, 2.45) is 0 Å². The Morgan fingerprint density at radius 2 is 2.00 bits per heavy atom. The zero-order valence-corrected chi connectivity index (χ0v) is 10.8. The van der Waals surface area contributed by atoms with Crippen molar-refractivity contribution < 1.29 is 22.1 Å². The summed E-state index contributed by atoms with van der Waals surface area (Å²) in [5, 5.41) is 0. The molecule has 0 saturated carbocycles. The first-order valence-corrected chi connectivity index (χ1v) is 6.78. The van der Waals surface area contributed by atoms with Crippen LogP contribution in [0.15, 0.2) is 12.2 Å². The number of rotatable bonds is 4. The van der Waals surface area contributed by atoms with Gasteiger partial charge < -0.3 is 9.47 Å². The highest BCUT2D eigenvalue weighted by Crippen LogP contribution is 2.31. The standard InChI is InChI=1S/C10H18O5S/c1-7(2)9-8(6-13-16(5,11)12)14-10(3,4)15-9/h8-9H,1,6H2,2-5H3/t8-,9-/m1/s1. The van der Waals surface area contributed by atoms with Crippen molar-refractivity contribution in [2.75, 3.05) is 12.9 Å². The number of hydrogen-bond donors (Lipinski definition) is 0. The van der Waals surface area contributed by atoms with Crippen LogP contribution in [0, 0.1) is 0 Å². The summed E-state index contributed by atoms with van der Waals surface area (Å²) in [5.41, 5.74) is 0.785. The predicted octanol–water partition coefficient (Wildman–Crippen LogP) is 1.06. The quantitative estimate of drug-likeness (QED) is 0.551. The van der Waals surface area contributed by atoms with Gasteiger partial charge in [-0.15, -0.1) is 0 Å². The van der Waals surface area contributed by atoms with Gasteiger partial charge in [0.05, 0.1) is 12.9 Å². The summed E-state index contributed by atoms with van der Waals surface area (Å²) in [6.07, 6.45) is 0.225. The molecule has 0 spiro atoms. The molecule has 6 heteroatoms. The molecule has 94 valence electrons. The second-order valence-corrected chi connectivity index (χ2v) is 6.07. The molecule has 0 aliphatic carbocycles. The normalized spacial score (nSPS) is 29.2. The van der Waals surface area contributed by atoms with Gasteiger partial charge in [-0.25, -0.2) is 0 Å². The van der Waals surface area contributed by atoms with Crippen molar-refractivity contribution >= 4 is 10.1 Å². The molecule has 0 amide bonds. The average molecular weight is 250 g/mol. The molecule has 0 N–H and O–H groups in total. The SMILES string of the molecule is C=C(C)[C@H]1OC(C)(C)O[C@@H]1COS(C)(=O)=O. The van der Waals surface area contributed by atoms with Gasteiger partial charge in [-0.05, 0) is 26.3 Å². The summed E-state index contributed by atoms with van der Waals surface area (Å²) in [6, 6.07) is 0. The molecular formula is C10H18O5S. The van der Waals surface area contributed by atoms with Gasteiger partial charge >= 0.3 is 0 Å². The third-order valence-corrected chi connectivity index (χ3v) is 2.68. The van der Waals surface area contributed by atoms with Crippen LogP contribution in [0.3, 0.4) is 0 Å². The molecule has 0 aromatic carbocycles. The van der Waals surface area contributed by atoms with E-state index in [2.05, 4.69) is 6.58 Å². The maximum Gasteiger partial charge on any atom is 0.264 e. The molecule has 1 aliphatic rings. The molecule has 0 bridgehead atoms. The lowest BCUT2D eigenvalue weighted by Gasteiger charge is -2.16. The van der Waals surface area contributed by atoms with Gasteiger partial charge in [0.15, 0.2) is 5.79 Å². The Bertz CT molecular complexity index is 371. The van der Waals surface area contributed by atoms with Crippen molar-refractivity contribution in [2.45, 2.75) is 38.8 Å². The molecule has 1 heterocycles. The Kier molecular flexibility index (Phi) is 3.79. The van der Waals surface area contributed by atoms with E-state index in [1.165, 1.54) is 0 Å². The minimum atomic E-state index is -3.46. The van der Waals surface area contributed by atoms with E-state index in [9.17, 15) is 8.42 Å². The van der Waals surface area contributed by atoms with Gasteiger partial charge in [0.2, 0.25) is 0 Å². The molecular weight excluding hydrogens is 232 g/mol. The molecule has 5 nitrogen and oxygen atoms in total. The Labute approximate surface area is 96.5 Å². The summed E-state index contributed by atoms with van der Waals surface area (Å²) in [6.45, 7) is 9.07. The predicted molar refractivity (Wildman–Crippen MR) is 59.4 cm³/mol. The van der Waals surface area contributed by atoms with E-state index in [1.54, 1.807) is 13.8 Å². The second kappa shape index (κ2) is 4.44. The van der Waals surface area contributed by atoms with Crippen LogP contribution in [-0.2, 0) is 23.8 Å². The minimum absolute atomic E-state index is 0.0558. The molecule has 0 unspecified atom stereocenters. The van der Waals surface area contributed by atoms with E-state index in [-0.39, 0.29) is 12.7 Å². The smallest absolute Gasteiger partial charge is 0.264 e. The molecule has 1 aliphatic heterocycles. The monoisotopic (exact) mass is 250 g/mol. The summed E-state index contributed by atoms with van der Waals surface area (Å²) in [7, 11) is -3.46. The molecule has 0 aromatic rings. The zero-order chi connectivity index (χ0) is 12.6. The second-order valence-electron chi connectivity index (χ2n) is 4.43. The van der Waals surface area contributed by atoms with Crippen LogP contribution in [0.1, 0.15) is 20.8 Å². The Hall–Kier alpha value is -0.430. The molecule has 0 radical (unpaired) electrons. The van der Waals surface area contributed by atoms with Crippen LogP contribution in [0.4, 0.5) is 0 Å². The number of ether oxygens (including phenoxy) is 2. The summed E-state index contributed by atoms with van der Waals surface area (Å²) in [4.78, 5) is 0. The third-order valence-electron chi connectivity index (χ3n) is 2.12. The molecule has 16 heavy (non-hydrogen) atoms. The van der Waals surface area contributed by atoms with Crippen LogP contribution in [0.25, 0.3) is 0 Å². The maximum absolute atomic E-state index is 10.9. The highest BCUT2D eigenvalue weighted by Gasteiger charge is 2.42. The summed E-state index contributed by atoms with van der Waals surface area (Å²) >= 11 is 0. The molecule has 1 fully saturated rings. The topological polar surface area (TPSA) is 61.8 Å². The number of hydrogen-bond acceptors (Lipinski definition) is 5. The van der Waals surface area contributed by atoms with Gasteiger partial charge in [-0.1, -0.05) is 6.58 Å². The lowest BCUT2D eigenvalue weighted by atomic mass is 10.1. The molecule has 0 aromatic heterocycles. The van der Waals surface area contributed by atoms with Crippen molar-refractivity contribution in [1.29, 1.82) is 0 Å². The van der Waals surface area contributed by atoms with Crippen molar-refractivity contribution in [1.82, 2.24) is 0 Å². The summed E-state index contributed by atoms with van der Waals surface area (Å²) < 4.78 is 37.6. The largest absolute Gasteiger partial charge is 0.342 e. The fourth-order valence-corrected chi connectivity index (χ4v) is 1.95. The highest BCUT2D eigenvalue weighted by atomic mass is 32.2. The summed E-state index contributed by atoms with van der Waals surface area (Å²) in [5.74, 6) is -0.741. The van der Waals surface area contributed by atoms with Crippen molar-refractivity contribution in [3.8, 4) is 0 Å². The van der Waals surface area contributed by atoms with E-state index >= 15 is 0 Å². The van der Waals surface area contributed by atoms with Crippen molar-refractivity contribution in [3.05, 3.63) is 12.2 Å². The van der Waals surface area contributed by atoms with E-state index in [0.29, 0.717) is 0 Å². The highest BCUT2D eigenvalue weighted by molar-refractivity contribution is 7.85. The average Bonchev–Trinajstić information content (AvgIpc) is 2.36. The third kappa shape index (κ3) is 3.86. The van der Waals surface area contributed by atoms with Crippen molar-refractivity contribution in [3.63, 3.8) is 0 Å². The fraction of sp³-hybridized carbons (Fsp3) is 0.800. The Morgan fingerprint density at radius 1 is 1.44 bits per heavy atom. The van der Waals surface area contributed by atoms with E-state index in [1.807, 2.05) is 6.92 Å². The van der Waals surface area contributed by atoms with Crippen LogP contribution in [0.2, 0.25) is 0 Å². The maximum atomic E-state index is 10.9. The van der Waals surface area contributed by atoms with Crippen LogP contribution >= 0.6 is 0 Å². The minimum Gasteiger partial charge on any atom is -0.342 e. The Morgan fingerprint density at radius 3 is 2.44 bits per heavy atom.